The molecular weight excluding hydrogens is 200 g/mol. The number of rotatable bonds is 2. The van der Waals surface area contributed by atoms with Gasteiger partial charge in [-0.15, -0.1) is 0 Å². The first-order chi connectivity index (χ1) is 7.61. The van der Waals surface area contributed by atoms with Gasteiger partial charge in [0.2, 0.25) is 0 Å². The number of nitrogens with one attached hydrogen (secondary N) is 1. The van der Waals surface area contributed by atoms with E-state index in [2.05, 4.69) is 42.0 Å². The van der Waals surface area contributed by atoms with E-state index >= 15 is 0 Å². The number of aliphatic hydroxyl groups is 1. The number of imidazole rings is 1. The van der Waals surface area contributed by atoms with Gasteiger partial charge in [0.1, 0.15) is 12.4 Å². The second-order valence-electron chi connectivity index (χ2n) is 4.13. The summed E-state index contributed by atoms with van der Waals surface area (Å²) < 4.78 is 0. The molecule has 0 saturated carbocycles. The third-order valence-electron chi connectivity index (χ3n) is 2.73. The summed E-state index contributed by atoms with van der Waals surface area (Å²) in [6.07, 6.45) is 0. The number of nitrogens with zero attached hydrogens (tertiary/aromatic N) is 1. The summed E-state index contributed by atoms with van der Waals surface area (Å²) >= 11 is 0. The molecule has 0 aliphatic heterocycles. The molecule has 1 aromatic carbocycles. The lowest BCUT2D eigenvalue weighted by atomic mass is 10.0. The molecule has 0 bridgehead atoms. The van der Waals surface area contributed by atoms with Crippen molar-refractivity contribution in [3.05, 3.63) is 40.8 Å². The van der Waals surface area contributed by atoms with Crippen molar-refractivity contribution in [1.29, 1.82) is 0 Å². The molecule has 0 saturated heterocycles. The minimum atomic E-state index is -0.0499. The number of aryl methyl sites for hydroxylation is 3. The Labute approximate surface area is 95.2 Å². The number of hydrogen-bond acceptors (Lipinski definition) is 2. The van der Waals surface area contributed by atoms with Gasteiger partial charge < -0.3 is 10.1 Å². The zero-order valence-electron chi connectivity index (χ0n) is 9.83. The van der Waals surface area contributed by atoms with Crippen molar-refractivity contribution in [3.63, 3.8) is 0 Å². The standard InChI is InChI=1S/C13H16N2O/c1-8-4-5-9(2)11(6-8)13-10(3)14-12(7-16)15-13/h4-6,16H,7H2,1-3H3,(H,14,15). The molecule has 0 unspecified atom stereocenters. The fourth-order valence-corrected chi connectivity index (χ4v) is 1.85. The Kier molecular flexibility index (Phi) is 2.79. The number of benzene rings is 1. The van der Waals surface area contributed by atoms with E-state index in [1.807, 2.05) is 6.92 Å². The van der Waals surface area contributed by atoms with Crippen LogP contribution in [0.25, 0.3) is 11.3 Å². The minimum Gasteiger partial charge on any atom is -0.388 e. The third-order valence-corrected chi connectivity index (χ3v) is 2.73. The summed E-state index contributed by atoms with van der Waals surface area (Å²) in [5.41, 5.74) is 5.48. The van der Waals surface area contributed by atoms with Crippen molar-refractivity contribution < 1.29 is 5.11 Å². The summed E-state index contributed by atoms with van der Waals surface area (Å²) in [6, 6.07) is 6.31. The molecular formula is C13H16N2O. The summed E-state index contributed by atoms with van der Waals surface area (Å²) in [5, 5.41) is 9.05. The second-order valence-corrected chi connectivity index (χ2v) is 4.13. The van der Waals surface area contributed by atoms with Crippen molar-refractivity contribution >= 4 is 0 Å². The maximum Gasteiger partial charge on any atom is 0.132 e. The normalized spacial score (nSPS) is 10.8. The zero-order chi connectivity index (χ0) is 11.7. The lowest BCUT2D eigenvalue weighted by Gasteiger charge is -2.05. The maximum atomic E-state index is 9.05. The predicted octanol–water partition coefficient (Wildman–Crippen LogP) is 2.49. The van der Waals surface area contributed by atoms with Crippen molar-refractivity contribution in [2.24, 2.45) is 0 Å². The van der Waals surface area contributed by atoms with Crippen molar-refractivity contribution in [2.45, 2.75) is 27.4 Å². The van der Waals surface area contributed by atoms with Crippen LogP contribution in [0, 0.1) is 20.8 Å². The molecule has 1 heterocycles. The molecule has 16 heavy (non-hydrogen) atoms. The Bertz CT molecular complexity index is 515. The molecule has 0 fully saturated rings. The SMILES string of the molecule is Cc1ccc(C)c(-c2nc(CO)[nH]c2C)c1. The summed E-state index contributed by atoms with van der Waals surface area (Å²) in [5.74, 6) is 0.619. The van der Waals surface area contributed by atoms with Gasteiger partial charge in [0, 0.05) is 11.3 Å². The molecule has 1 aromatic heterocycles. The smallest absolute Gasteiger partial charge is 0.132 e. The van der Waals surface area contributed by atoms with E-state index in [1.54, 1.807) is 0 Å². The van der Waals surface area contributed by atoms with E-state index in [1.165, 1.54) is 11.1 Å². The minimum absolute atomic E-state index is 0.0499. The predicted molar refractivity (Wildman–Crippen MR) is 64.2 cm³/mol. The van der Waals surface area contributed by atoms with Gasteiger partial charge in [-0.25, -0.2) is 4.98 Å². The van der Waals surface area contributed by atoms with Crippen molar-refractivity contribution in [3.8, 4) is 11.3 Å². The van der Waals surface area contributed by atoms with Crippen LogP contribution in [0.3, 0.4) is 0 Å². The molecule has 0 radical (unpaired) electrons. The zero-order valence-corrected chi connectivity index (χ0v) is 9.83. The van der Waals surface area contributed by atoms with Crippen LogP contribution in [-0.2, 0) is 6.61 Å². The fourth-order valence-electron chi connectivity index (χ4n) is 1.85. The van der Waals surface area contributed by atoms with Crippen LogP contribution in [0.2, 0.25) is 0 Å². The van der Waals surface area contributed by atoms with Gasteiger partial charge in [0.05, 0.1) is 5.69 Å². The fraction of sp³-hybridized carbons (Fsp3) is 0.308. The van der Waals surface area contributed by atoms with Gasteiger partial charge in [-0.2, -0.15) is 0 Å². The van der Waals surface area contributed by atoms with E-state index < -0.39 is 0 Å². The molecule has 0 atom stereocenters. The van der Waals surface area contributed by atoms with E-state index in [9.17, 15) is 0 Å². The van der Waals surface area contributed by atoms with Crippen LogP contribution >= 0.6 is 0 Å². The summed E-state index contributed by atoms with van der Waals surface area (Å²) in [7, 11) is 0. The Morgan fingerprint density at radius 1 is 1.25 bits per heavy atom. The molecule has 0 aliphatic carbocycles. The lowest BCUT2D eigenvalue weighted by Crippen LogP contribution is -1.88. The molecule has 0 aliphatic rings. The molecule has 2 aromatic rings. The first-order valence-corrected chi connectivity index (χ1v) is 5.36. The molecule has 2 rings (SSSR count). The number of aliphatic hydroxyl groups excluding tert-OH is 1. The maximum absolute atomic E-state index is 9.05. The van der Waals surface area contributed by atoms with Crippen LogP contribution in [0.15, 0.2) is 18.2 Å². The van der Waals surface area contributed by atoms with Crippen LogP contribution in [0.1, 0.15) is 22.6 Å². The monoisotopic (exact) mass is 216 g/mol. The highest BCUT2D eigenvalue weighted by Crippen LogP contribution is 2.25. The molecule has 0 spiro atoms. The van der Waals surface area contributed by atoms with Gasteiger partial charge in [-0.3, -0.25) is 0 Å². The van der Waals surface area contributed by atoms with E-state index in [4.69, 9.17) is 5.11 Å². The highest BCUT2D eigenvalue weighted by atomic mass is 16.3. The van der Waals surface area contributed by atoms with Crippen LogP contribution in [-0.4, -0.2) is 15.1 Å². The highest BCUT2D eigenvalue weighted by Gasteiger charge is 2.10. The van der Waals surface area contributed by atoms with E-state index in [-0.39, 0.29) is 6.61 Å². The van der Waals surface area contributed by atoms with Gasteiger partial charge in [0.25, 0.3) is 0 Å². The van der Waals surface area contributed by atoms with E-state index in [0.29, 0.717) is 5.82 Å². The Hall–Kier alpha value is -1.61. The van der Waals surface area contributed by atoms with Gasteiger partial charge in [-0.05, 0) is 32.4 Å². The van der Waals surface area contributed by atoms with Gasteiger partial charge >= 0.3 is 0 Å². The molecule has 0 amide bonds. The molecule has 3 heteroatoms. The Morgan fingerprint density at radius 2 is 2.00 bits per heavy atom. The van der Waals surface area contributed by atoms with Crippen LogP contribution in [0.4, 0.5) is 0 Å². The quantitative estimate of drug-likeness (QED) is 0.810. The first-order valence-electron chi connectivity index (χ1n) is 5.36. The second kappa shape index (κ2) is 4.10. The van der Waals surface area contributed by atoms with Crippen LogP contribution in [0.5, 0.6) is 0 Å². The first kappa shape index (κ1) is 10.9. The van der Waals surface area contributed by atoms with Crippen LogP contribution < -0.4 is 0 Å². The lowest BCUT2D eigenvalue weighted by molar-refractivity contribution is 0.272. The topological polar surface area (TPSA) is 48.9 Å². The number of aromatic nitrogens is 2. The average molecular weight is 216 g/mol. The molecule has 84 valence electrons. The number of hydrogen-bond donors (Lipinski definition) is 2. The number of H-pyrrole nitrogens is 1. The van der Waals surface area contributed by atoms with E-state index in [0.717, 1.165) is 17.0 Å². The average Bonchev–Trinajstić information content (AvgIpc) is 2.63. The number of aromatic amines is 1. The molecule has 3 nitrogen and oxygen atoms in total. The third kappa shape index (κ3) is 1.86. The summed E-state index contributed by atoms with van der Waals surface area (Å²) in [6.45, 7) is 6.06. The largest absolute Gasteiger partial charge is 0.388 e. The Balaban J connectivity index is 2.57. The Morgan fingerprint density at radius 3 is 2.62 bits per heavy atom. The highest BCUT2D eigenvalue weighted by molar-refractivity contribution is 5.66. The molecule has 2 N–H and O–H groups in total. The van der Waals surface area contributed by atoms with Crippen molar-refractivity contribution in [1.82, 2.24) is 9.97 Å². The summed E-state index contributed by atoms with van der Waals surface area (Å²) in [4.78, 5) is 7.47. The van der Waals surface area contributed by atoms with Crippen molar-refractivity contribution in [2.75, 3.05) is 0 Å². The van der Waals surface area contributed by atoms with Gasteiger partial charge in [-0.1, -0.05) is 17.7 Å². The van der Waals surface area contributed by atoms with Gasteiger partial charge in [0.15, 0.2) is 0 Å².